The lowest BCUT2D eigenvalue weighted by atomic mass is 10.0. The molecule has 0 spiro atoms. The van der Waals surface area contributed by atoms with Gasteiger partial charge in [-0.1, -0.05) is 185 Å². The summed E-state index contributed by atoms with van der Waals surface area (Å²) in [5, 5.41) is 9.63. The standard InChI is InChI=1S/C50H91NO7/c1-6-8-10-12-14-16-18-20-21-22-23-24-25-26-27-29-30-32-34-36-38-40-48(52)57-45-46(44-56-43-42-47(50(54)55)51(3,4)5)58-49(53)41-39-37-35-33-31-28-19-17-15-13-11-9-7-2/h8,10,14,16,20-21,46-47H,6-7,9,11-13,15,17-19,22-45H2,1-5H3/p+1/b10-8+,16-14+,21-20+. The molecule has 0 fully saturated rings. The zero-order valence-corrected chi connectivity index (χ0v) is 38.5. The van der Waals surface area contributed by atoms with E-state index in [9.17, 15) is 19.5 Å². The van der Waals surface area contributed by atoms with E-state index in [1.165, 1.54) is 122 Å². The number of unbranched alkanes of at least 4 members (excludes halogenated alkanes) is 23. The van der Waals surface area contributed by atoms with Gasteiger partial charge in [0.25, 0.3) is 0 Å². The number of aliphatic carboxylic acids is 1. The van der Waals surface area contributed by atoms with Crippen LogP contribution in [0, 0.1) is 0 Å². The second-order valence-corrected chi connectivity index (χ2v) is 17.3. The molecule has 0 heterocycles. The molecule has 8 nitrogen and oxygen atoms in total. The van der Waals surface area contributed by atoms with Crippen LogP contribution in [0.5, 0.6) is 0 Å². The fourth-order valence-corrected chi connectivity index (χ4v) is 7.11. The van der Waals surface area contributed by atoms with E-state index in [4.69, 9.17) is 14.2 Å². The summed E-state index contributed by atoms with van der Waals surface area (Å²) >= 11 is 0. The summed E-state index contributed by atoms with van der Waals surface area (Å²) in [7, 11) is 5.53. The van der Waals surface area contributed by atoms with Crippen LogP contribution in [-0.2, 0) is 28.6 Å². The summed E-state index contributed by atoms with van der Waals surface area (Å²) in [4.78, 5) is 37.0. The number of carbonyl (C=O) groups excluding carboxylic acids is 2. The summed E-state index contributed by atoms with van der Waals surface area (Å²) in [6.45, 7) is 4.64. The fourth-order valence-electron chi connectivity index (χ4n) is 7.11. The van der Waals surface area contributed by atoms with Crippen molar-refractivity contribution in [3.63, 3.8) is 0 Å². The molecule has 1 N–H and O–H groups in total. The number of quaternary nitrogens is 1. The Balaban J connectivity index is 4.22. The Kier molecular flexibility index (Phi) is 39.5. The molecular weight excluding hydrogens is 727 g/mol. The second kappa shape index (κ2) is 41.3. The number of carbonyl (C=O) groups is 3. The minimum Gasteiger partial charge on any atom is -0.477 e. The summed E-state index contributed by atoms with van der Waals surface area (Å²) in [5.41, 5.74) is 0. The number of allylic oxidation sites excluding steroid dienone is 6. The third-order valence-corrected chi connectivity index (χ3v) is 10.8. The van der Waals surface area contributed by atoms with Crippen LogP contribution in [-0.4, -0.2) is 80.6 Å². The van der Waals surface area contributed by atoms with Crippen molar-refractivity contribution >= 4 is 17.9 Å². The molecule has 0 aliphatic carbocycles. The Morgan fingerprint density at radius 3 is 1.43 bits per heavy atom. The number of hydrogen-bond donors (Lipinski definition) is 1. The van der Waals surface area contributed by atoms with Gasteiger partial charge in [-0.05, 0) is 44.9 Å². The first-order valence-corrected chi connectivity index (χ1v) is 24.0. The number of ether oxygens (including phenoxy) is 3. The predicted octanol–water partition coefficient (Wildman–Crippen LogP) is 13.4. The van der Waals surface area contributed by atoms with Crippen LogP contribution >= 0.6 is 0 Å². The van der Waals surface area contributed by atoms with Gasteiger partial charge in [-0.15, -0.1) is 0 Å². The number of rotatable bonds is 43. The van der Waals surface area contributed by atoms with Crippen LogP contribution < -0.4 is 0 Å². The van der Waals surface area contributed by atoms with Crippen molar-refractivity contribution in [2.45, 2.75) is 225 Å². The van der Waals surface area contributed by atoms with Gasteiger partial charge in [0.15, 0.2) is 12.1 Å². The van der Waals surface area contributed by atoms with Crippen molar-refractivity contribution in [2.75, 3.05) is 41.0 Å². The number of carboxylic acids is 1. The molecule has 0 aromatic carbocycles. The smallest absolute Gasteiger partial charge is 0.362 e. The molecule has 0 rings (SSSR count). The number of nitrogens with zero attached hydrogens (tertiary/aromatic N) is 1. The average molecular weight is 819 g/mol. The Labute approximate surface area is 357 Å². The molecule has 58 heavy (non-hydrogen) atoms. The minimum absolute atomic E-state index is 0.0490. The normalized spacial score (nSPS) is 13.2. The molecule has 0 saturated heterocycles. The highest BCUT2D eigenvalue weighted by Crippen LogP contribution is 2.16. The third kappa shape index (κ3) is 39.0. The molecule has 0 aliphatic rings. The van der Waals surface area contributed by atoms with Gasteiger partial charge < -0.3 is 23.8 Å². The Hall–Kier alpha value is -2.45. The summed E-state index contributed by atoms with van der Waals surface area (Å²) in [6, 6.07) is -0.612. The number of likely N-dealkylation sites (N-methyl/N-ethyl adjacent to an activating group) is 1. The maximum absolute atomic E-state index is 12.7. The van der Waals surface area contributed by atoms with Gasteiger partial charge in [0.1, 0.15) is 6.61 Å². The van der Waals surface area contributed by atoms with Crippen molar-refractivity contribution < 1.29 is 38.2 Å². The van der Waals surface area contributed by atoms with Crippen molar-refractivity contribution in [1.29, 1.82) is 0 Å². The van der Waals surface area contributed by atoms with E-state index in [1.54, 1.807) is 0 Å². The van der Waals surface area contributed by atoms with Gasteiger partial charge in [0, 0.05) is 19.3 Å². The van der Waals surface area contributed by atoms with Gasteiger partial charge in [0.05, 0.1) is 34.4 Å². The van der Waals surface area contributed by atoms with E-state index in [-0.39, 0.29) is 36.2 Å². The summed E-state index contributed by atoms with van der Waals surface area (Å²) < 4.78 is 17.3. The molecule has 0 amide bonds. The van der Waals surface area contributed by atoms with Crippen LogP contribution in [0.15, 0.2) is 36.5 Å². The van der Waals surface area contributed by atoms with E-state index in [2.05, 4.69) is 50.3 Å². The average Bonchev–Trinajstić information content (AvgIpc) is 3.18. The lowest BCUT2D eigenvalue weighted by molar-refractivity contribution is -0.887. The predicted molar refractivity (Wildman–Crippen MR) is 243 cm³/mol. The Morgan fingerprint density at radius 1 is 0.534 bits per heavy atom. The SMILES string of the molecule is CC/C=C/C/C=C/C/C=C/CCCCCCCCCCCCCC(=O)OCC(COCCC(C(=O)O)[N+](C)(C)C)OC(=O)CCCCCCCCCCCCCCC. The van der Waals surface area contributed by atoms with Crippen LogP contribution in [0.1, 0.15) is 213 Å². The molecule has 0 bridgehead atoms. The molecule has 338 valence electrons. The van der Waals surface area contributed by atoms with Gasteiger partial charge >= 0.3 is 17.9 Å². The Morgan fingerprint density at radius 2 is 0.966 bits per heavy atom. The van der Waals surface area contributed by atoms with Crippen LogP contribution in [0.4, 0.5) is 0 Å². The maximum Gasteiger partial charge on any atom is 0.362 e. The highest BCUT2D eigenvalue weighted by atomic mass is 16.6. The molecule has 0 aromatic rings. The largest absolute Gasteiger partial charge is 0.477 e. The monoisotopic (exact) mass is 819 g/mol. The van der Waals surface area contributed by atoms with Crippen molar-refractivity contribution in [2.24, 2.45) is 0 Å². The van der Waals surface area contributed by atoms with E-state index < -0.39 is 18.1 Å². The summed E-state index contributed by atoms with van der Waals surface area (Å²) in [5.74, 6) is -1.46. The molecule has 8 heteroatoms. The van der Waals surface area contributed by atoms with E-state index in [0.29, 0.717) is 19.3 Å². The van der Waals surface area contributed by atoms with Crippen molar-refractivity contribution in [3.8, 4) is 0 Å². The first-order chi connectivity index (χ1) is 28.1. The molecule has 0 radical (unpaired) electrons. The molecule has 2 unspecified atom stereocenters. The maximum atomic E-state index is 12.7. The van der Waals surface area contributed by atoms with Crippen LogP contribution in [0.2, 0.25) is 0 Å². The molecule has 0 aliphatic heterocycles. The molecular formula is C50H92NO7+. The summed E-state index contributed by atoms with van der Waals surface area (Å²) in [6.07, 6.45) is 47.6. The van der Waals surface area contributed by atoms with E-state index in [1.807, 2.05) is 21.1 Å². The Bertz CT molecular complexity index is 1050. The highest BCUT2D eigenvalue weighted by Gasteiger charge is 2.31. The van der Waals surface area contributed by atoms with E-state index >= 15 is 0 Å². The zero-order valence-electron chi connectivity index (χ0n) is 38.5. The lowest BCUT2D eigenvalue weighted by Gasteiger charge is -2.31. The molecule has 2 atom stereocenters. The first-order valence-electron chi connectivity index (χ1n) is 24.0. The number of hydrogen-bond acceptors (Lipinski definition) is 6. The first kappa shape index (κ1) is 55.5. The number of carboxylic acid groups (broad SMARTS) is 1. The fraction of sp³-hybridized carbons (Fsp3) is 0.820. The topological polar surface area (TPSA) is 99.1 Å². The number of esters is 2. The third-order valence-electron chi connectivity index (χ3n) is 10.8. The van der Waals surface area contributed by atoms with Gasteiger partial charge in [-0.3, -0.25) is 9.59 Å². The quantitative estimate of drug-likeness (QED) is 0.0283. The van der Waals surface area contributed by atoms with Gasteiger partial charge in [0.2, 0.25) is 0 Å². The molecule has 0 saturated carbocycles. The zero-order chi connectivity index (χ0) is 42.8. The molecule has 0 aromatic heterocycles. The highest BCUT2D eigenvalue weighted by molar-refractivity contribution is 5.72. The second-order valence-electron chi connectivity index (χ2n) is 17.3. The van der Waals surface area contributed by atoms with Crippen molar-refractivity contribution in [1.82, 2.24) is 0 Å². The van der Waals surface area contributed by atoms with E-state index in [0.717, 1.165) is 57.8 Å². The van der Waals surface area contributed by atoms with Crippen molar-refractivity contribution in [3.05, 3.63) is 36.5 Å². The van der Waals surface area contributed by atoms with Gasteiger partial charge in [-0.2, -0.15) is 0 Å². The lowest BCUT2D eigenvalue weighted by Crippen LogP contribution is -2.50. The minimum atomic E-state index is -0.873. The van der Waals surface area contributed by atoms with Gasteiger partial charge in [-0.25, -0.2) is 4.79 Å². The van der Waals surface area contributed by atoms with Crippen LogP contribution in [0.25, 0.3) is 0 Å². The van der Waals surface area contributed by atoms with Crippen LogP contribution in [0.3, 0.4) is 0 Å².